The summed E-state index contributed by atoms with van der Waals surface area (Å²) in [7, 11) is 0. The predicted octanol–water partition coefficient (Wildman–Crippen LogP) is 3.05. The van der Waals surface area contributed by atoms with Gasteiger partial charge in [-0.05, 0) is 41.6 Å². The molecule has 2 rings (SSSR count). The van der Waals surface area contributed by atoms with E-state index in [4.69, 9.17) is 5.73 Å². The van der Waals surface area contributed by atoms with Gasteiger partial charge in [-0.15, -0.1) is 0 Å². The number of rotatable bonds is 4. The minimum Gasteiger partial charge on any atom is -0.312 e. The lowest BCUT2D eigenvalue weighted by Gasteiger charge is -2.09. The molecule has 0 spiro atoms. The third-order valence-electron chi connectivity index (χ3n) is 2.74. The van der Waals surface area contributed by atoms with Gasteiger partial charge in [0.05, 0.1) is 6.67 Å². The van der Waals surface area contributed by atoms with Crippen LogP contribution in [0.4, 0.5) is 13.2 Å². The highest BCUT2D eigenvalue weighted by Crippen LogP contribution is 2.37. The molecule has 1 aromatic carbocycles. The van der Waals surface area contributed by atoms with Crippen molar-refractivity contribution in [3.05, 3.63) is 48.1 Å². The molecule has 2 N–H and O–H groups in total. The first-order chi connectivity index (χ1) is 10.4. The van der Waals surface area contributed by atoms with Crippen molar-refractivity contribution in [2.75, 3.05) is 6.67 Å². The van der Waals surface area contributed by atoms with Crippen molar-refractivity contribution in [3.63, 3.8) is 0 Å². The Morgan fingerprint density at radius 2 is 1.86 bits per heavy atom. The fourth-order valence-corrected chi connectivity index (χ4v) is 2.45. The van der Waals surface area contributed by atoms with Crippen LogP contribution in [0.3, 0.4) is 0 Å². The molecule has 0 aliphatic carbocycles. The number of hydrogen-bond acceptors (Lipinski definition) is 4. The van der Waals surface area contributed by atoms with Crippen LogP contribution in [-0.4, -0.2) is 23.6 Å². The molecule has 116 valence electrons. The van der Waals surface area contributed by atoms with Crippen LogP contribution in [0.2, 0.25) is 0 Å². The van der Waals surface area contributed by atoms with Crippen LogP contribution in [0.25, 0.3) is 11.1 Å². The number of nitrogens with zero attached hydrogens (tertiary/aromatic N) is 3. The molecule has 1 heterocycles. The molecule has 8 heteroatoms. The molecule has 0 fully saturated rings. The molecule has 0 atom stereocenters. The van der Waals surface area contributed by atoms with Crippen LogP contribution in [0.1, 0.15) is 0 Å². The van der Waals surface area contributed by atoms with Gasteiger partial charge in [-0.25, -0.2) is 4.68 Å². The maximum atomic E-state index is 12.3. The molecule has 0 aliphatic rings. The van der Waals surface area contributed by atoms with Gasteiger partial charge >= 0.3 is 5.51 Å². The van der Waals surface area contributed by atoms with Crippen LogP contribution in [0.5, 0.6) is 0 Å². The van der Waals surface area contributed by atoms with Crippen LogP contribution in [0, 0.1) is 0 Å². The highest BCUT2D eigenvalue weighted by Gasteiger charge is 2.29. The van der Waals surface area contributed by atoms with Gasteiger partial charge in [-0.1, -0.05) is 12.1 Å². The van der Waals surface area contributed by atoms with Crippen LogP contribution < -0.4 is 11.2 Å². The first-order valence-corrected chi connectivity index (χ1v) is 7.01. The van der Waals surface area contributed by atoms with Gasteiger partial charge < -0.3 is 5.73 Å². The SMILES string of the molecule is C=Nn1cccc(-c2ccc(SC(F)(F)F)cc2)c1=NCN. The quantitative estimate of drug-likeness (QED) is 0.693. The Balaban J connectivity index is 2.45. The third kappa shape index (κ3) is 3.99. The average molecular weight is 326 g/mol. The highest BCUT2D eigenvalue weighted by atomic mass is 32.2. The lowest BCUT2D eigenvalue weighted by molar-refractivity contribution is -0.0328. The topological polar surface area (TPSA) is 55.7 Å². The van der Waals surface area contributed by atoms with Crippen molar-refractivity contribution < 1.29 is 13.2 Å². The second-order valence-corrected chi connectivity index (χ2v) is 5.28. The van der Waals surface area contributed by atoms with Gasteiger partial charge in [0.25, 0.3) is 0 Å². The normalized spacial score (nSPS) is 12.5. The molecular formula is C14H13F3N4S. The van der Waals surface area contributed by atoms with Crippen molar-refractivity contribution in [2.24, 2.45) is 15.8 Å². The summed E-state index contributed by atoms with van der Waals surface area (Å²) in [5, 5.41) is 3.81. The zero-order valence-electron chi connectivity index (χ0n) is 11.4. The molecule has 4 nitrogen and oxygen atoms in total. The summed E-state index contributed by atoms with van der Waals surface area (Å²) < 4.78 is 38.5. The Morgan fingerprint density at radius 1 is 1.18 bits per heavy atom. The van der Waals surface area contributed by atoms with E-state index in [1.54, 1.807) is 30.5 Å². The number of aromatic nitrogens is 1. The summed E-state index contributed by atoms with van der Waals surface area (Å²) in [6.45, 7) is 3.51. The van der Waals surface area contributed by atoms with Crippen molar-refractivity contribution in [1.29, 1.82) is 0 Å². The first kappa shape index (κ1) is 16.3. The first-order valence-electron chi connectivity index (χ1n) is 6.20. The molecular weight excluding hydrogens is 313 g/mol. The molecule has 0 aliphatic heterocycles. The number of hydrogen-bond donors (Lipinski definition) is 1. The minimum absolute atomic E-state index is 0.0640. The van der Waals surface area contributed by atoms with E-state index in [1.807, 2.05) is 0 Å². The molecule has 0 amide bonds. The van der Waals surface area contributed by atoms with Crippen molar-refractivity contribution in [3.8, 4) is 11.1 Å². The van der Waals surface area contributed by atoms with Gasteiger partial charge in [0.15, 0.2) is 5.49 Å². The summed E-state index contributed by atoms with van der Waals surface area (Å²) in [6.07, 6.45) is 1.67. The Hall–Kier alpha value is -2.06. The van der Waals surface area contributed by atoms with Gasteiger partial charge in [-0.2, -0.15) is 18.3 Å². The van der Waals surface area contributed by atoms with E-state index in [9.17, 15) is 13.2 Å². The predicted molar refractivity (Wildman–Crippen MR) is 81.3 cm³/mol. The largest absolute Gasteiger partial charge is 0.446 e. The second kappa shape index (κ2) is 6.80. The fourth-order valence-electron chi connectivity index (χ4n) is 1.91. The van der Waals surface area contributed by atoms with Crippen molar-refractivity contribution in [2.45, 2.75) is 10.4 Å². The van der Waals surface area contributed by atoms with Crippen molar-refractivity contribution >= 4 is 18.5 Å². The number of nitrogens with two attached hydrogens (primary N) is 1. The summed E-state index contributed by atoms with van der Waals surface area (Å²) in [5.41, 5.74) is 3.08. The molecule has 22 heavy (non-hydrogen) atoms. The molecule has 1 aromatic heterocycles. The smallest absolute Gasteiger partial charge is 0.312 e. The van der Waals surface area contributed by atoms with Crippen LogP contribution in [0.15, 0.2) is 57.6 Å². The van der Waals surface area contributed by atoms with E-state index in [0.29, 0.717) is 11.1 Å². The zero-order valence-corrected chi connectivity index (χ0v) is 12.2. The highest BCUT2D eigenvalue weighted by molar-refractivity contribution is 8.00. The zero-order chi connectivity index (χ0) is 16.2. The van der Waals surface area contributed by atoms with E-state index in [-0.39, 0.29) is 23.3 Å². The second-order valence-electron chi connectivity index (χ2n) is 4.14. The Kier molecular flexibility index (Phi) is 5.04. The van der Waals surface area contributed by atoms with E-state index < -0.39 is 5.51 Å². The number of thioether (sulfide) groups is 1. The number of alkyl halides is 3. The van der Waals surface area contributed by atoms with Gasteiger partial charge in [0.1, 0.15) is 0 Å². The maximum Gasteiger partial charge on any atom is 0.446 e. The van der Waals surface area contributed by atoms with E-state index in [0.717, 1.165) is 5.56 Å². The molecule has 0 bridgehead atoms. The molecule has 0 saturated heterocycles. The number of benzene rings is 1. The minimum atomic E-state index is -4.30. The number of pyridine rings is 1. The fraction of sp³-hybridized carbons (Fsp3) is 0.143. The Bertz CT molecular complexity index is 720. The third-order valence-corrected chi connectivity index (χ3v) is 3.48. The summed E-state index contributed by atoms with van der Waals surface area (Å²) in [6, 6.07) is 9.58. The average Bonchev–Trinajstić information content (AvgIpc) is 2.47. The lowest BCUT2D eigenvalue weighted by Crippen LogP contribution is -2.21. The molecule has 0 unspecified atom stereocenters. The summed E-state index contributed by atoms with van der Waals surface area (Å²) in [4.78, 5) is 4.28. The van der Waals surface area contributed by atoms with E-state index in [2.05, 4.69) is 16.8 Å². The van der Waals surface area contributed by atoms with Gasteiger partial charge in [0, 0.05) is 23.4 Å². The standard InChI is InChI=1S/C14H13F3N4S/c1-19-21-8-2-3-12(13(21)20-9-18)10-4-6-11(7-5-10)22-14(15,16)17/h2-8H,1,9,18H2. The summed E-state index contributed by atoms with van der Waals surface area (Å²) >= 11 is -0.150. The van der Waals surface area contributed by atoms with Gasteiger partial charge in [0.2, 0.25) is 0 Å². The Labute approximate surface area is 129 Å². The lowest BCUT2D eigenvalue weighted by atomic mass is 10.1. The molecule has 0 radical (unpaired) electrons. The monoisotopic (exact) mass is 326 g/mol. The molecule has 0 saturated carbocycles. The van der Waals surface area contributed by atoms with Crippen molar-refractivity contribution in [1.82, 2.24) is 4.68 Å². The van der Waals surface area contributed by atoms with E-state index >= 15 is 0 Å². The summed E-state index contributed by atoms with van der Waals surface area (Å²) in [5.74, 6) is 0. The van der Waals surface area contributed by atoms with E-state index in [1.165, 1.54) is 16.8 Å². The molecule has 2 aromatic rings. The Morgan fingerprint density at radius 3 is 2.41 bits per heavy atom. The van der Waals surface area contributed by atoms with Gasteiger partial charge in [-0.3, -0.25) is 4.99 Å². The number of halogens is 3. The van der Waals surface area contributed by atoms with Crippen LogP contribution >= 0.6 is 11.8 Å². The maximum absolute atomic E-state index is 12.3. The van der Waals surface area contributed by atoms with Crippen LogP contribution in [-0.2, 0) is 0 Å².